The second kappa shape index (κ2) is 7.89. The van der Waals surface area contributed by atoms with E-state index in [2.05, 4.69) is 4.74 Å². The van der Waals surface area contributed by atoms with Gasteiger partial charge in [0.1, 0.15) is 0 Å². The Morgan fingerprint density at radius 1 is 1.24 bits per heavy atom. The van der Waals surface area contributed by atoms with Crippen LogP contribution in [0.1, 0.15) is 60.0 Å². The van der Waals surface area contributed by atoms with Crippen LogP contribution in [0.15, 0.2) is 18.2 Å². The third kappa shape index (κ3) is 4.52. The number of rotatable bonds is 4. The van der Waals surface area contributed by atoms with Crippen molar-refractivity contribution in [1.82, 2.24) is 4.90 Å². The van der Waals surface area contributed by atoms with Crippen LogP contribution in [-0.4, -0.2) is 37.0 Å². The van der Waals surface area contributed by atoms with Crippen LogP contribution in [0.5, 0.6) is 0 Å². The molecule has 1 fully saturated rings. The second-order valence-electron chi connectivity index (χ2n) is 6.20. The van der Waals surface area contributed by atoms with E-state index >= 15 is 0 Å². The predicted molar refractivity (Wildman–Crippen MR) is 86.2 cm³/mol. The number of ether oxygens (including phenoxy) is 1. The molecule has 0 aromatic heterocycles. The Morgan fingerprint density at radius 3 is 2.40 bits per heavy atom. The highest BCUT2D eigenvalue weighted by Crippen LogP contribution is 2.36. The van der Waals surface area contributed by atoms with Gasteiger partial charge in [0.2, 0.25) is 5.91 Å². The predicted octanol–water partition coefficient (Wildman–Crippen LogP) is 4.00. The molecule has 4 nitrogen and oxygen atoms in total. The molecule has 1 saturated heterocycles. The molecule has 7 heteroatoms. The molecule has 0 saturated carbocycles. The van der Waals surface area contributed by atoms with Crippen molar-refractivity contribution in [1.29, 1.82) is 0 Å². The van der Waals surface area contributed by atoms with Crippen LogP contribution in [-0.2, 0) is 15.7 Å². The lowest BCUT2D eigenvalue weighted by atomic mass is 9.87. The van der Waals surface area contributed by atoms with E-state index in [-0.39, 0.29) is 11.8 Å². The van der Waals surface area contributed by atoms with Gasteiger partial charge in [-0.2, -0.15) is 13.2 Å². The lowest BCUT2D eigenvalue weighted by molar-refractivity contribution is -0.138. The number of esters is 1. The number of hydrogen-bond acceptors (Lipinski definition) is 3. The van der Waals surface area contributed by atoms with Crippen molar-refractivity contribution < 1.29 is 27.5 Å². The Bertz CT molecular complexity index is 635. The molecule has 1 heterocycles. The van der Waals surface area contributed by atoms with Crippen LogP contribution < -0.4 is 0 Å². The van der Waals surface area contributed by atoms with Gasteiger partial charge >= 0.3 is 12.1 Å². The van der Waals surface area contributed by atoms with Crippen molar-refractivity contribution in [3.05, 3.63) is 34.9 Å². The van der Waals surface area contributed by atoms with E-state index in [1.807, 2.05) is 6.92 Å². The number of halogens is 3. The van der Waals surface area contributed by atoms with E-state index in [1.165, 1.54) is 6.07 Å². The molecule has 1 aromatic rings. The van der Waals surface area contributed by atoms with Gasteiger partial charge < -0.3 is 9.64 Å². The molecule has 0 aliphatic carbocycles. The van der Waals surface area contributed by atoms with Gasteiger partial charge in [-0.05, 0) is 42.9 Å². The Hall–Kier alpha value is -2.05. The molecule has 0 bridgehead atoms. The van der Waals surface area contributed by atoms with Crippen molar-refractivity contribution >= 4 is 11.9 Å². The largest absolute Gasteiger partial charge is 0.465 e. The van der Waals surface area contributed by atoms with Gasteiger partial charge in [-0.25, -0.2) is 4.79 Å². The Balaban J connectivity index is 2.18. The molecule has 1 aliphatic heterocycles. The minimum Gasteiger partial charge on any atom is -0.465 e. The van der Waals surface area contributed by atoms with Gasteiger partial charge in [0.15, 0.2) is 0 Å². The van der Waals surface area contributed by atoms with E-state index in [1.54, 1.807) is 11.0 Å². The summed E-state index contributed by atoms with van der Waals surface area (Å²) in [6.45, 7) is 3.03. The monoisotopic (exact) mass is 357 g/mol. The minimum absolute atomic E-state index is 0.0570. The number of methoxy groups -OCH3 is 1. The summed E-state index contributed by atoms with van der Waals surface area (Å²) in [4.78, 5) is 25.3. The van der Waals surface area contributed by atoms with Crippen LogP contribution in [0.25, 0.3) is 0 Å². The number of benzene rings is 1. The number of carbonyl (C=O) groups is 2. The average Bonchev–Trinajstić information content (AvgIpc) is 2.60. The maximum Gasteiger partial charge on any atom is 0.417 e. The smallest absolute Gasteiger partial charge is 0.417 e. The number of nitrogens with zero attached hydrogens (tertiary/aromatic N) is 1. The minimum atomic E-state index is -4.63. The summed E-state index contributed by atoms with van der Waals surface area (Å²) < 4.78 is 44.3. The average molecular weight is 357 g/mol. The summed E-state index contributed by atoms with van der Waals surface area (Å²) in [6, 6.07) is 3.77. The van der Waals surface area contributed by atoms with Crippen LogP contribution in [0, 0.1) is 0 Å². The lowest BCUT2D eigenvalue weighted by Gasteiger charge is -2.32. The van der Waals surface area contributed by atoms with Gasteiger partial charge in [-0.1, -0.05) is 13.0 Å². The molecule has 0 radical (unpaired) electrons. The van der Waals surface area contributed by atoms with Crippen molar-refractivity contribution in [3.8, 4) is 0 Å². The fourth-order valence-electron chi connectivity index (χ4n) is 3.17. The third-order valence-electron chi connectivity index (χ3n) is 4.54. The zero-order valence-electron chi connectivity index (χ0n) is 14.4. The summed E-state index contributed by atoms with van der Waals surface area (Å²) >= 11 is 0. The topological polar surface area (TPSA) is 46.6 Å². The molecule has 1 aromatic carbocycles. The number of piperidine rings is 1. The van der Waals surface area contributed by atoms with Crippen molar-refractivity contribution in [3.63, 3.8) is 0 Å². The molecule has 1 amide bonds. The van der Waals surface area contributed by atoms with E-state index in [9.17, 15) is 22.8 Å². The van der Waals surface area contributed by atoms with E-state index < -0.39 is 23.3 Å². The molecule has 0 spiro atoms. The number of hydrogen-bond donors (Lipinski definition) is 0. The highest BCUT2D eigenvalue weighted by Gasteiger charge is 2.36. The van der Waals surface area contributed by atoms with Crippen molar-refractivity contribution in [2.24, 2.45) is 0 Å². The van der Waals surface area contributed by atoms with Gasteiger partial charge in [0.05, 0.1) is 18.2 Å². The first-order chi connectivity index (χ1) is 11.8. The van der Waals surface area contributed by atoms with E-state index in [0.29, 0.717) is 37.9 Å². The van der Waals surface area contributed by atoms with Crippen LogP contribution in [0.2, 0.25) is 0 Å². The van der Waals surface area contributed by atoms with Crippen molar-refractivity contribution in [2.75, 3.05) is 20.2 Å². The molecule has 25 heavy (non-hydrogen) atoms. The molecule has 138 valence electrons. The summed E-state index contributed by atoms with van der Waals surface area (Å²) in [6.07, 6.45) is -2.12. The highest BCUT2D eigenvalue weighted by atomic mass is 19.4. The molecular formula is C18H22F3NO3. The maximum atomic E-state index is 13.3. The zero-order valence-corrected chi connectivity index (χ0v) is 14.4. The molecule has 0 N–H and O–H groups in total. The molecule has 1 aliphatic rings. The summed E-state index contributed by atoms with van der Waals surface area (Å²) in [5.41, 5.74) is -0.904. The first kappa shape index (κ1) is 19.3. The maximum absolute atomic E-state index is 13.3. The zero-order chi connectivity index (χ0) is 18.6. The SMILES string of the molecule is CCCC(=O)N1CCC(c2ccc(C(=O)OC)c(C(F)(F)F)c2)CC1. The first-order valence-corrected chi connectivity index (χ1v) is 8.35. The highest BCUT2D eigenvalue weighted by molar-refractivity contribution is 5.91. The summed E-state index contributed by atoms with van der Waals surface area (Å²) in [5.74, 6) is -0.963. The van der Waals surface area contributed by atoms with Crippen LogP contribution >= 0.6 is 0 Å². The van der Waals surface area contributed by atoms with Crippen molar-refractivity contribution in [2.45, 2.75) is 44.7 Å². The fraction of sp³-hybridized carbons (Fsp3) is 0.556. The number of amides is 1. The number of alkyl halides is 3. The number of carbonyl (C=O) groups excluding carboxylic acids is 2. The summed E-state index contributed by atoms with van der Waals surface area (Å²) in [7, 11) is 1.05. The Labute approximate surface area is 144 Å². The lowest BCUT2D eigenvalue weighted by Crippen LogP contribution is -2.37. The van der Waals surface area contributed by atoms with Gasteiger partial charge in [0, 0.05) is 19.5 Å². The van der Waals surface area contributed by atoms with Crippen LogP contribution in [0.3, 0.4) is 0 Å². The Morgan fingerprint density at radius 2 is 1.88 bits per heavy atom. The Kier molecular flexibility index (Phi) is 6.08. The molecule has 2 rings (SSSR count). The first-order valence-electron chi connectivity index (χ1n) is 8.35. The summed E-state index contributed by atoms with van der Waals surface area (Å²) in [5, 5.41) is 0. The normalized spacial score (nSPS) is 16.0. The van der Waals surface area contributed by atoms with Gasteiger partial charge in [-0.15, -0.1) is 0 Å². The van der Waals surface area contributed by atoms with E-state index in [0.717, 1.165) is 19.6 Å². The van der Waals surface area contributed by atoms with Gasteiger partial charge in [0.25, 0.3) is 0 Å². The van der Waals surface area contributed by atoms with Gasteiger partial charge in [-0.3, -0.25) is 4.79 Å². The van der Waals surface area contributed by atoms with E-state index in [4.69, 9.17) is 0 Å². The fourth-order valence-corrected chi connectivity index (χ4v) is 3.17. The quantitative estimate of drug-likeness (QED) is 0.765. The standard InChI is InChI=1S/C18H22F3NO3/c1-3-4-16(23)22-9-7-12(8-10-22)13-5-6-14(17(24)25-2)15(11-13)18(19,20)21/h5-6,11-12H,3-4,7-10H2,1-2H3. The molecular weight excluding hydrogens is 335 g/mol. The molecule has 0 unspecified atom stereocenters. The number of likely N-dealkylation sites (tertiary alicyclic amines) is 1. The second-order valence-corrected chi connectivity index (χ2v) is 6.20. The van der Waals surface area contributed by atoms with Crippen LogP contribution in [0.4, 0.5) is 13.2 Å². The molecule has 0 atom stereocenters. The third-order valence-corrected chi connectivity index (χ3v) is 4.54.